The van der Waals surface area contributed by atoms with E-state index in [-0.39, 0.29) is 6.10 Å². The molecule has 3 aliphatic heterocycles. The Kier molecular flexibility index (Phi) is 7.29. The topological polar surface area (TPSA) is 102 Å². The van der Waals surface area contributed by atoms with E-state index in [0.29, 0.717) is 38.8 Å². The van der Waals surface area contributed by atoms with Gasteiger partial charge in [-0.25, -0.2) is 4.79 Å². The maximum atomic E-state index is 13.1. The van der Waals surface area contributed by atoms with Crippen molar-refractivity contribution in [2.45, 2.75) is 88.7 Å². The van der Waals surface area contributed by atoms with Crippen LogP contribution in [0.1, 0.15) is 64.7 Å². The molecule has 1 N–H and O–H groups in total. The zero-order valence-corrected chi connectivity index (χ0v) is 17.4. The number of fused-ring (bicyclic) bond motifs is 3. The predicted molar refractivity (Wildman–Crippen MR) is 103 cm³/mol. The molecule has 2 bridgehead atoms. The fraction of sp³-hybridized carbons (Fsp3) is 0.857. The molecule has 0 spiro atoms. The van der Waals surface area contributed by atoms with Crippen molar-refractivity contribution in [3.05, 3.63) is 0 Å². The van der Waals surface area contributed by atoms with Gasteiger partial charge in [-0.15, -0.1) is 0 Å². The molecule has 5 atom stereocenters. The normalized spacial score (nSPS) is 37.9. The van der Waals surface area contributed by atoms with Crippen LogP contribution in [0.15, 0.2) is 0 Å². The SMILES string of the molecule is CO[C@H]1C[C@@H](C)[C@@]2(O)O[C@@H]1CCCCCCOC(=O)[C@@H]1CCCCN1C(=O)C2=O. The number of aliphatic hydroxyl groups is 1. The van der Waals surface area contributed by atoms with Crippen molar-refractivity contribution in [3.8, 4) is 0 Å². The Hall–Kier alpha value is -1.51. The Morgan fingerprint density at radius 3 is 2.55 bits per heavy atom. The molecule has 1 amide bonds. The lowest BCUT2D eigenvalue weighted by Gasteiger charge is -2.45. The molecule has 8 heteroatoms. The van der Waals surface area contributed by atoms with Crippen LogP contribution in [0.25, 0.3) is 0 Å². The molecule has 3 rings (SSSR count). The van der Waals surface area contributed by atoms with Gasteiger partial charge in [0.1, 0.15) is 6.04 Å². The number of methoxy groups -OCH3 is 1. The van der Waals surface area contributed by atoms with Crippen LogP contribution >= 0.6 is 0 Å². The zero-order valence-electron chi connectivity index (χ0n) is 17.4. The quantitative estimate of drug-likeness (QED) is 0.516. The number of piperidine rings is 1. The van der Waals surface area contributed by atoms with Crippen molar-refractivity contribution in [1.29, 1.82) is 0 Å². The highest BCUT2D eigenvalue weighted by Gasteiger charge is 2.54. The third-order valence-corrected chi connectivity index (χ3v) is 6.48. The van der Waals surface area contributed by atoms with Crippen LogP contribution < -0.4 is 0 Å². The van der Waals surface area contributed by atoms with E-state index in [1.54, 1.807) is 14.0 Å². The monoisotopic (exact) mass is 411 g/mol. The van der Waals surface area contributed by atoms with Crippen LogP contribution in [-0.2, 0) is 28.6 Å². The summed E-state index contributed by atoms with van der Waals surface area (Å²) in [6.45, 7) is 2.29. The van der Waals surface area contributed by atoms with Crippen LogP contribution in [0.3, 0.4) is 0 Å². The summed E-state index contributed by atoms with van der Waals surface area (Å²) in [4.78, 5) is 40.0. The molecule has 0 saturated carbocycles. The number of ketones is 1. The van der Waals surface area contributed by atoms with Crippen molar-refractivity contribution in [1.82, 2.24) is 4.90 Å². The minimum absolute atomic E-state index is 0.239. The average Bonchev–Trinajstić information content (AvgIpc) is 2.73. The molecular formula is C21H33NO7. The highest BCUT2D eigenvalue weighted by molar-refractivity contribution is 6.39. The first kappa shape index (κ1) is 22.2. The second-order valence-corrected chi connectivity index (χ2v) is 8.47. The Bertz CT molecular complexity index is 624. The number of ether oxygens (including phenoxy) is 3. The van der Waals surface area contributed by atoms with Crippen LogP contribution in [0, 0.1) is 5.92 Å². The average molecular weight is 411 g/mol. The van der Waals surface area contributed by atoms with Gasteiger partial charge in [0, 0.05) is 19.6 Å². The number of nitrogens with zero attached hydrogens (tertiary/aromatic N) is 1. The first-order valence-corrected chi connectivity index (χ1v) is 10.8. The number of amides is 1. The number of hydrogen-bond acceptors (Lipinski definition) is 7. The van der Waals surface area contributed by atoms with Crippen molar-refractivity contribution >= 4 is 17.7 Å². The van der Waals surface area contributed by atoms with Gasteiger partial charge in [0.25, 0.3) is 11.7 Å². The molecule has 29 heavy (non-hydrogen) atoms. The summed E-state index contributed by atoms with van der Waals surface area (Å²) in [5.74, 6) is -5.15. The summed E-state index contributed by atoms with van der Waals surface area (Å²) in [5.41, 5.74) is 0. The molecule has 164 valence electrons. The minimum atomic E-state index is -2.21. The maximum absolute atomic E-state index is 13.1. The second kappa shape index (κ2) is 9.53. The number of cyclic esters (lactones) is 1. The van der Waals surface area contributed by atoms with E-state index in [0.717, 1.165) is 32.1 Å². The van der Waals surface area contributed by atoms with E-state index >= 15 is 0 Å². The molecule has 3 fully saturated rings. The molecule has 0 aliphatic carbocycles. The lowest BCUT2D eigenvalue weighted by molar-refractivity contribution is -0.286. The molecular weight excluding hydrogens is 378 g/mol. The Morgan fingerprint density at radius 1 is 1.07 bits per heavy atom. The van der Waals surface area contributed by atoms with Gasteiger partial charge >= 0.3 is 5.97 Å². The summed E-state index contributed by atoms with van der Waals surface area (Å²) < 4.78 is 16.8. The van der Waals surface area contributed by atoms with Gasteiger partial charge in [0.05, 0.1) is 18.8 Å². The van der Waals surface area contributed by atoms with Gasteiger partial charge in [-0.1, -0.05) is 26.2 Å². The minimum Gasteiger partial charge on any atom is -0.464 e. The van der Waals surface area contributed by atoms with Gasteiger partial charge in [-0.05, 0) is 38.5 Å². The summed E-state index contributed by atoms with van der Waals surface area (Å²) in [7, 11) is 1.59. The fourth-order valence-corrected chi connectivity index (χ4v) is 4.63. The van der Waals surface area contributed by atoms with Crippen molar-refractivity contribution < 1.29 is 33.7 Å². The lowest BCUT2D eigenvalue weighted by Crippen LogP contribution is -2.62. The molecule has 0 radical (unpaired) electrons. The number of carbonyl (C=O) groups is 3. The van der Waals surface area contributed by atoms with Gasteiger partial charge in [-0.2, -0.15) is 0 Å². The molecule has 3 aliphatic rings. The highest BCUT2D eigenvalue weighted by atomic mass is 16.7. The molecule has 0 aromatic rings. The number of rotatable bonds is 1. The van der Waals surface area contributed by atoms with Crippen molar-refractivity contribution in [2.75, 3.05) is 20.3 Å². The zero-order chi connectivity index (χ0) is 21.0. The van der Waals surface area contributed by atoms with E-state index in [2.05, 4.69) is 0 Å². The van der Waals surface area contributed by atoms with E-state index in [1.165, 1.54) is 4.90 Å². The largest absolute Gasteiger partial charge is 0.464 e. The third kappa shape index (κ3) is 4.64. The predicted octanol–water partition coefficient (Wildman–Crippen LogP) is 1.57. The van der Waals surface area contributed by atoms with Gasteiger partial charge in [0.2, 0.25) is 5.79 Å². The highest BCUT2D eigenvalue weighted by Crippen LogP contribution is 2.37. The molecule has 0 unspecified atom stereocenters. The van der Waals surface area contributed by atoms with E-state index in [4.69, 9.17) is 14.2 Å². The standard InChI is InChI=1S/C21H33NO7/c1-14-13-17(27-2)16-10-5-3-4-8-12-28-20(25)15-9-6-7-11-22(15)19(24)18(23)21(14,26)29-16/h14-17,26H,3-13H2,1-2H3/t14-,15+,16-,17+,21-/m1/s1. The van der Waals surface area contributed by atoms with Crippen molar-refractivity contribution in [2.24, 2.45) is 5.92 Å². The van der Waals surface area contributed by atoms with Crippen LogP contribution in [-0.4, -0.2) is 72.0 Å². The Balaban J connectivity index is 1.88. The summed E-state index contributed by atoms with van der Waals surface area (Å²) in [6, 6.07) is -0.782. The molecule has 0 aromatic heterocycles. The molecule has 0 aromatic carbocycles. The first-order chi connectivity index (χ1) is 13.9. The number of esters is 1. The molecule has 3 saturated heterocycles. The van der Waals surface area contributed by atoms with Gasteiger partial charge in [0.15, 0.2) is 0 Å². The Morgan fingerprint density at radius 2 is 1.79 bits per heavy atom. The van der Waals surface area contributed by atoms with E-state index in [9.17, 15) is 19.5 Å². The number of Topliss-reactive ketones (excluding diaryl/α,β-unsaturated/α-hetero) is 1. The van der Waals surface area contributed by atoms with Crippen LogP contribution in [0.4, 0.5) is 0 Å². The summed E-state index contributed by atoms with van der Waals surface area (Å²) in [5, 5.41) is 11.2. The number of carbonyl (C=O) groups excluding carboxylic acids is 3. The van der Waals surface area contributed by atoms with Crippen LogP contribution in [0.5, 0.6) is 0 Å². The first-order valence-electron chi connectivity index (χ1n) is 10.8. The van der Waals surface area contributed by atoms with E-state index < -0.39 is 41.5 Å². The maximum Gasteiger partial charge on any atom is 0.328 e. The lowest BCUT2D eigenvalue weighted by atomic mass is 9.84. The van der Waals surface area contributed by atoms with Crippen molar-refractivity contribution in [3.63, 3.8) is 0 Å². The van der Waals surface area contributed by atoms with E-state index in [1.807, 2.05) is 0 Å². The number of hydrogen-bond donors (Lipinski definition) is 1. The molecule has 3 heterocycles. The summed E-state index contributed by atoms with van der Waals surface area (Å²) >= 11 is 0. The molecule has 8 nitrogen and oxygen atoms in total. The van der Waals surface area contributed by atoms with Crippen LogP contribution in [0.2, 0.25) is 0 Å². The fourth-order valence-electron chi connectivity index (χ4n) is 4.63. The second-order valence-electron chi connectivity index (χ2n) is 8.47. The van der Waals surface area contributed by atoms with Gasteiger partial charge < -0.3 is 24.2 Å². The summed E-state index contributed by atoms with van der Waals surface area (Å²) in [6.07, 6.45) is 5.71. The Labute approximate surface area is 171 Å². The smallest absolute Gasteiger partial charge is 0.328 e. The third-order valence-electron chi connectivity index (χ3n) is 6.48. The van der Waals surface area contributed by atoms with Gasteiger partial charge in [-0.3, -0.25) is 9.59 Å².